The molecule has 0 aromatic heterocycles. The van der Waals surface area contributed by atoms with E-state index in [4.69, 9.17) is 0 Å². The summed E-state index contributed by atoms with van der Waals surface area (Å²) >= 11 is 0. The van der Waals surface area contributed by atoms with Crippen LogP contribution in [0.25, 0.3) is 0 Å². The van der Waals surface area contributed by atoms with Crippen LogP contribution in [0, 0.1) is 0 Å². The number of carbonyl (C=O) groups excluding carboxylic acids is 1. The third-order valence-corrected chi connectivity index (χ3v) is 4.49. The highest BCUT2D eigenvalue weighted by atomic mass is 16.2. The van der Waals surface area contributed by atoms with Crippen LogP contribution in [0.1, 0.15) is 64.6 Å². The fraction of sp³-hybridized carbons (Fsp3) is 0.611. The molecular weight excluding hydrogens is 260 g/mol. The lowest BCUT2D eigenvalue weighted by Gasteiger charge is -2.26. The SMILES string of the molecule is CC(NC(=O)C1(C)CCCN1)c1ccc(C(C)(C)C)cc1. The molecule has 1 fully saturated rings. The minimum atomic E-state index is -0.403. The van der Waals surface area contributed by atoms with Crippen molar-refractivity contribution in [1.29, 1.82) is 0 Å². The van der Waals surface area contributed by atoms with Crippen molar-refractivity contribution >= 4 is 5.91 Å². The summed E-state index contributed by atoms with van der Waals surface area (Å²) in [7, 11) is 0. The Balaban J connectivity index is 2.03. The van der Waals surface area contributed by atoms with E-state index in [1.54, 1.807) is 0 Å². The van der Waals surface area contributed by atoms with Crippen molar-refractivity contribution in [1.82, 2.24) is 10.6 Å². The van der Waals surface area contributed by atoms with Gasteiger partial charge in [0.1, 0.15) is 0 Å². The van der Waals surface area contributed by atoms with E-state index in [9.17, 15) is 4.79 Å². The second-order valence-electron chi connectivity index (χ2n) is 7.43. The topological polar surface area (TPSA) is 41.1 Å². The summed E-state index contributed by atoms with van der Waals surface area (Å²) in [5.41, 5.74) is 2.22. The van der Waals surface area contributed by atoms with Gasteiger partial charge in [-0.15, -0.1) is 0 Å². The average molecular weight is 288 g/mol. The number of hydrogen-bond donors (Lipinski definition) is 2. The van der Waals surface area contributed by atoms with Crippen molar-refractivity contribution in [3.05, 3.63) is 35.4 Å². The molecule has 1 saturated heterocycles. The van der Waals surface area contributed by atoms with Gasteiger partial charge >= 0.3 is 0 Å². The Kier molecular flexibility index (Phi) is 4.43. The highest BCUT2D eigenvalue weighted by molar-refractivity contribution is 5.86. The molecule has 0 saturated carbocycles. The Morgan fingerprint density at radius 2 is 1.90 bits per heavy atom. The Morgan fingerprint density at radius 1 is 1.29 bits per heavy atom. The zero-order valence-corrected chi connectivity index (χ0v) is 13.9. The lowest BCUT2D eigenvalue weighted by molar-refractivity contribution is -0.127. The van der Waals surface area contributed by atoms with E-state index >= 15 is 0 Å². The van der Waals surface area contributed by atoms with Crippen LogP contribution in [0.4, 0.5) is 0 Å². The molecular formula is C18H28N2O. The minimum absolute atomic E-state index is 0.0331. The second-order valence-corrected chi connectivity index (χ2v) is 7.43. The first kappa shape index (κ1) is 16.0. The van der Waals surface area contributed by atoms with E-state index in [2.05, 4.69) is 55.7 Å². The number of hydrogen-bond acceptors (Lipinski definition) is 2. The molecule has 0 bridgehead atoms. The van der Waals surface area contributed by atoms with Crippen LogP contribution in [0.2, 0.25) is 0 Å². The summed E-state index contributed by atoms with van der Waals surface area (Å²) in [6.07, 6.45) is 1.98. The first-order chi connectivity index (χ1) is 9.72. The van der Waals surface area contributed by atoms with Gasteiger partial charge in [-0.1, -0.05) is 45.0 Å². The highest BCUT2D eigenvalue weighted by Gasteiger charge is 2.36. The van der Waals surface area contributed by atoms with Crippen LogP contribution in [0.5, 0.6) is 0 Å². The van der Waals surface area contributed by atoms with E-state index in [1.807, 2.05) is 13.8 Å². The fourth-order valence-electron chi connectivity index (χ4n) is 2.80. The van der Waals surface area contributed by atoms with Gasteiger partial charge in [0.25, 0.3) is 0 Å². The van der Waals surface area contributed by atoms with Gasteiger partial charge in [0, 0.05) is 0 Å². The molecule has 0 spiro atoms. The van der Waals surface area contributed by atoms with Crippen LogP contribution >= 0.6 is 0 Å². The molecule has 2 atom stereocenters. The Bertz CT molecular complexity index is 493. The molecule has 1 amide bonds. The van der Waals surface area contributed by atoms with Gasteiger partial charge in [0.15, 0.2) is 0 Å². The van der Waals surface area contributed by atoms with Crippen LogP contribution in [0.3, 0.4) is 0 Å². The van der Waals surface area contributed by atoms with Crippen LogP contribution in [-0.2, 0) is 10.2 Å². The zero-order chi connectivity index (χ0) is 15.7. The first-order valence-electron chi connectivity index (χ1n) is 7.89. The molecule has 3 nitrogen and oxygen atoms in total. The zero-order valence-electron chi connectivity index (χ0n) is 13.9. The molecule has 1 aliphatic heterocycles. The second kappa shape index (κ2) is 5.80. The van der Waals surface area contributed by atoms with Crippen molar-refractivity contribution in [2.75, 3.05) is 6.54 Å². The van der Waals surface area contributed by atoms with Crippen molar-refractivity contribution in [2.45, 2.75) is 64.5 Å². The smallest absolute Gasteiger partial charge is 0.240 e. The summed E-state index contributed by atoms with van der Waals surface area (Å²) in [5, 5.41) is 6.44. The summed E-state index contributed by atoms with van der Waals surface area (Å²) in [6, 6.07) is 8.60. The van der Waals surface area contributed by atoms with Crippen molar-refractivity contribution in [2.24, 2.45) is 0 Å². The molecule has 0 aliphatic carbocycles. The van der Waals surface area contributed by atoms with Gasteiger partial charge in [-0.2, -0.15) is 0 Å². The molecule has 2 rings (SSSR count). The standard InChI is InChI=1S/C18H28N2O/c1-13(20-16(21)18(5)11-6-12-19-18)14-7-9-15(10-8-14)17(2,3)4/h7-10,13,19H,6,11-12H2,1-5H3,(H,20,21). The molecule has 2 unspecified atom stereocenters. The summed E-state index contributed by atoms with van der Waals surface area (Å²) in [4.78, 5) is 12.4. The average Bonchev–Trinajstić information content (AvgIpc) is 2.86. The van der Waals surface area contributed by atoms with E-state index in [-0.39, 0.29) is 17.4 Å². The van der Waals surface area contributed by atoms with Crippen LogP contribution in [0.15, 0.2) is 24.3 Å². The van der Waals surface area contributed by atoms with Gasteiger partial charge in [-0.05, 0) is 49.8 Å². The lowest BCUT2D eigenvalue weighted by atomic mass is 9.86. The fourth-order valence-corrected chi connectivity index (χ4v) is 2.80. The maximum atomic E-state index is 12.4. The molecule has 1 aromatic rings. The summed E-state index contributed by atoms with van der Waals surface area (Å²) in [5.74, 6) is 0.104. The summed E-state index contributed by atoms with van der Waals surface area (Å²) in [6.45, 7) is 11.6. The van der Waals surface area contributed by atoms with E-state index in [0.29, 0.717) is 0 Å². The van der Waals surface area contributed by atoms with E-state index in [1.165, 1.54) is 5.56 Å². The van der Waals surface area contributed by atoms with Gasteiger partial charge in [0.2, 0.25) is 5.91 Å². The Labute approximate surface area is 128 Å². The summed E-state index contributed by atoms with van der Waals surface area (Å²) < 4.78 is 0. The quantitative estimate of drug-likeness (QED) is 0.896. The molecule has 1 heterocycles. The van der Waals surface area contributed by atoms with Gasteiger partial charge in [0.05, 0.1) is 11.6 Å². The van der Waals surface area contributed by atoms with Crippen molar-refractivity contribution in [3.8, 4) is 0 Å². The maximum Gasteiger partial charge on any atom is 0.240 e. The third-order valence-electron chi connectivity index (χ3n) is 4.49. The van der Waals surface area contributed by atoms with Crippen molar-refractivity contribution in [3.63, 3.8) is 0 Å². The normalized spacial score (nSPS) is 23.9. The maximum absolute atomic E-state index is 12.4. The molecule has 1 aromatic carbocycles. The number of carbonyl (C=O) groups is 1. The monoisotopic (exact) mass is 288 g/mol. The van der Waals surface area contributed by atoms with Crippen LogP contribution in [-0.4, -0.2) is 18.0 Å². The van der Waals surface area contributed by atoms with Gasteiger partial charge in [-0.3, -0.25) is 4.79 Å². The van der Waals surface area contributed by atoms with Crippen molar-refractivity contribution < 1.29 is 4.79 Å². The molecule has 116 valence electrons. The molecule has 1 aliphatic rings. The number of nitrogens with one attached hydrogen (secondary N) is 2. The Morgan fingerprint density at radius 3 is 2.38 bits per heavy atom. The molecule has 3 heteroatoms. The van der Waals surface area contributed by atoms with Crippen LogP contribution < -0.4 is 10.6 Å². The predicted octanol–water partition coefficient (Wildman–Crippen LogP) is 3.30. The number of rotatable bonds is 3. The largest absolute Gasteiger partial charge is 0.348 e. The predicted molar refractivity (Wildman–Crippen MR) is 87.3 cm³/mol. The lowest BCUT2D eigenvalue weighted by Crippen LogP contribution is -2.51. The number of amides is 1. The number of benzene rings is 1. The first-order valence-corrected chi connectivity index (χ1v) is 7.89. The molecule has 21 heavy (non-hydrogen) atoms. The minimum Gasteiger partial charge on any atom is -0.348 e. The van der Waals surface area contributed by atoms with E-state index < -0.39 is 5.54 Å². The highest BCUT2D eigenvalue weighted by Crippen LogP contribution is 2.25. The molecule has 0 radical (unpaired) electrons. The van der Waals surface area contributed by atoms with Gasteiger partial charge in [-0.25, -0.2) is 0 Å². The Hall–Kier alpha value is -1.35. The van der Waals surface area contributed by atoms with Gasteiger partial charge < -0.3 is 10.6 Å². The molecule has 2 N–H and O–H groups in total. The van der Waals surface area contributed by atoms with E-state index in [0.717, 1.165) is 24.9 Å². The third kappa shape index (κ3) is 3.65.